The lowest BCUT2D eigenvalue weighted by Gasteiger charge is -2.30. The van der Waals surface area contributed by atoms with Crippen molar-refractivity contribution in [3.05, 3.63) is 70.9 Å². The molecular weight excluding hydrogens is 495 g/mol. The van der Waals surface area contributed by atoms with Gasteiger partial charge >= 0.3 is 12.1 Å². The Morgan fingerprint density at radius 2 is 1.89 bits per heavy atom. The van der Waals surface area contributed by atoms with Gasteiger partial charge in [-0.25, -0.2) is 4.79 Å². The van der Waals surface area contributed by atoms with Crippen molar-refractivity contribution in [2.75, 3.05) is 6.61 Å². The number of carboxylic acids is 1. The maximum atomic E-state index is 14.5. The maximum Gasteiger partial charge on any atom is 0.416 e. The highest BCUT2D eigenvalue weighted by Gasteiger charge is 2.41. The number of pyridine rings is 1. The molecule has 202 valence electrons. The molecule has 0 aliphatic carbocycles. The second-order valence-corrected chi connectivity index (χ2v) is 10.5. The first-order valence-corrected chi connectivity index (χ1v) is 12.7. The highest BCUT2D eigenvalue weighted by atomic mass is 19.4. The van der Waals surface area contributed by atoms with E-state index in [0.717, 1.165) is 36.5 Å². The van der Waals surface area contributed by atoms with Crippen LogP contribution in [0.2, 0.25) is 0 Å². The third-order valence-corrected chi connectivity index (χ3v) is 6.34. The Balaban J connectivity index is 2.10. The molecule has 2 heterocycles. The number of aryl methyl sites for hydroxylation is 2. The summed E-state index contributed by atoms with van der Waals surface area (Å²) < 4.78 is 55.0. The highest BCUT2D eigenvalue weighted by molar-refractivity contribution is 5.90. The number of ether oxygens (including phenoxy) is 2. The van der Waals surface area contributed by atoms with Gasteiger partial charge < -0.3 is 14.6 Å². The molecule has 1 aliphatic rings. The van der Waals surface area contributed by atoms with E-state index in [1.54, 1.807) is 45.2 Å². The molecule has 5 nitrogen and oxygen atoms in total. The Bertz CT molecular complexity index is 1330. The summed E-state index contributed by atoms with van der Waals surface area (Å²) in [6.45, 7) is 7.46. The summed E-state index contributed by atoms with van der Waals surface area (Å²) in [5.41, 5.74) is 0.818. The van der Waals surface area contributed by atoms with E-state index in [1.165, 1.54) is 6.07 Å². The minimum atomic E-state index is -4.81. The summed E-state index contributed by atoms with van der Waals surface area (Å²) >= 11 is 0. The molecule has 1 unspecified atom stereocenters. The molecule has 0 radical (unpaired) electrons. The fourth-order valence-electron chi connectivity index (χ4n) is 4.83. The molecule has 1 aromatic heterocycles. The highest BCUT2D eigenvalue weighted by Crippen LogP contribution is 2.47. The summed E-state index contributed by atoms with van der Waals surface area (Å²) in [5, 5.41) is 10.2. The Labute approximate surface area is 220 Å². The smallest absolute Gasteiger partial charge is 0.416 e. The lowest BCUT2D eigenvalue weighted by atomic mass is 9.85. The van der Waals surface area contributed by atoms with Crippen molar-refractivity contribution in [2.45, 2.75) is 71.3 Å². The zero-order chi connectivity index (χ0) is 27.7. The number of alkyl halides is 3. The Hall–Kier alpha value is -3.39. The second kappa shape index (κ2) is 10.8. The number of hydrogen-bond acceptors (Lipinski definition) is 4. The molecule has 38 heavy (non-hydrogen) atoms. The predicted octanol–water partition coefficient (Wildman–Crippen LogP) is 7.65. The molecule has 0 saturated carbocycles. The van der Waals surface area contributed by atoms with Gasteiger partial charge in [-0.2, -0.15) is 13.2 Å². The first-order chi connectivity index (χ1) is 17.9. The molecule has 3 aromatic rings. The number of fused-ring (bicyclic) bond motifs is 1. The van der Waals surface area contributed by atoms with Crippen LogP contribution >= 0.6 is 0 Å². The molecule has 1 N–H and O–H groups in total. The van der Waals surface area contributed by atoms with Crippen LogP contribution in [0.3, 0.4) is 0 Å². The maximum absolute atomic E-state index is 14.5. The minimum absolute atomic E-state index is 0.144. The lowest BCUT2D eigenvalue weighted by Crippen LogP contribution is -2.29. The SMILES string of the molecule is CCCc1ccnc(-c2ccc(C(F)(F)F)c(C(OC(C)(C)C)C(=O)O)c2-c2ccc3c(c2)CCCO3)c1. The van der Waals surface area contributed by atoms with Crippen molar-refractivity contribution in [3.63, 3.8) is 0 Å². The van der Waals surface area contributed by atoms with Crippen LogP contribution in [-0.2, 0) is 28.5 Å². The normalized spacial score (nSPS) is 14.5. The molecule has 1 aliphatic heterocycles. The van der Waals surface area contributed by atoms with E-state index in [-0.39, 0.29) is 5.56 Å². The number of hydrogen-bond donors (Lipinski definition) is 1. The van der Waals surface area contributed by atoms with E-state index in [4.69, 9.17) is 9.47 Å². The fraction of sp³-hybridized carbons (Fsp3) is 0.400. The van der Waals surface area contributed by atoms with Crippen LogP contribution in [0.4, 0.5) is 13.2 Å². The van der Waals surface area contributed by atoms with Gasteiger partial charge in [0.2, 0.25) is 0 Å². The Morgan fingerprint density at radius 3 is 2.55 bits per heavy atom. The third-order valence-electron chi connectivity index (χ3n) is 6.34. The van der Waals surface area contributed by atoms with Crippen LogP contribution in [0.5, 0.6) is 5.75 Å². The number of aromatic nitrogens is 1. The number of carbonyl (C=O) groups is 1. The average molecular weight is 528 g/mol. The molecule has 0 amide bonds. The molecular formula is C30H32F3NO4. The summed E-state index contributed by atoms with van der Waals surface area (Å²) in [4.78, 5) is 17.0. The van der Waals surface area contributed by atoms with E-state index in [0.29, 0.717) is 35.6 Å². The molecule has 1 atom stereocenters. The van der Waals surface area contributed by atoms with Crippen molar-refractivity contribution in [2.24, 2.45) is 0 Å². The van der Waals surface area contributed by atoms with E-state index < -0.39 is 35.0 Å². The van der Waals surface area contributed by atoms with E-state index >= 15 is 0 Å². The Kier molecular flexibility index (Phi) is 7.83. The molecule has 0 spiro atoms. The van der Waals surface area contributed by atoms with Gasteiger partial charge in [-0.3, -0.25) is 4.98 Å². The van der Waals surface area contributed by atoms with Crippen LogP contribution in [0.15, 0.2) is 48.7 Å². The number of halogens is 3. The zero-order valence-corrected chi connectivity index (χ0v) is 22.0. The predicted molar refractivity (Wildman–Crippen MR) is 139 cm³/mol. The molecule has 0 bridgehead atoms. The van der Waals surface area contributed by atoms with Gasteiger partial charge in [-0.05, 0) is 92.6 Å². The van der Waals surface area contributed by atoms with Gasteiger partial charge in [0.05, 0.1) is 23.5 Å². The first-order valence-electron chi connectivity index (χ1n) is 12.7. The van der Waals surface area contributed by atoms with Crippen LogP contribution < -0.4 is 4.74 Å². The first kappa shape index (κ1) is 27.6. The number of benzene rings is 2. The van der Waals surface area contributed by atoms with Crippen LogP contribution in [0, 0.1) is 0 Å². The summed E-state index contributed by atoms with van der Waals surface area (Å²) in [6, 6.07) is 11.2. The molecule has 0 saturated heterocycles. The summed E-state index contributed by atoms with van der Waals surface area (Å²) in [6.07, 6.45) is -1.90. The fourth-order valence-corrected chi connectivity index (χ4v) is 4.83. The third kappa shape index (κ3) is 6.01. The Morgan fingerprint density at radius 1 is 1.13 bits per heavy atom. The lowest BCUT2D eigenvalue weighted by molar-refractivity contribution is -0.163. The van der Waals surface area contributed by atoms with Gasteiger partial charge in [-0.1, -0.05) is 25.5 Å². The van der Waals surface area contributed by atoms with Gasteiger partial charge in [0.15, 0.2) is 6.10 Å². The minimum Gasteiger partial charge on any atom is -0.493 e. The number of nitrogens with zero attached hydrogens (tertiary/aromatic N) is 1. The molecule has 0 fully saturated rings. The quantitative estimate of drug-likeness (QED) is 0.342. The van der Waals surface area contributed by atoms with E-state index in [9.17, 15) is 23.1 Å². The van der Waals surface area contributed by atoms with Crippen LogP contribution in [0.25, 0.3) is 22.4 Å². The van der Waals surface area contributed by atoms with Gasteiger partial charge in [0, 0.05) is 17.3 Å². The van der Waals surface area contributed by atoms with Crippen LogP contribution in [-0.4, -0.2) is 28.3 Å². The largest absolute Gasteiger partial charge is 0.493 e. The van der Waals surface area contributed by atoms with Crippen molar-refractivity contribution in [1.29, 1.82) is 0 Å². The van der Waals surface area contributed by atoms with Crippen molar-refractivity contribution in [3.8, 4) is 28.1 Å². The monoisotopic (exact) mass is 527 g/mol. The zero-order valence-electron chi connectivity index (χ0n) is 22.0. The molecule has 2 aromatic carbocycles. The molecule has 4 rings (SSSR count). The van der Waals surface area contributed by atoms with Gasteiger partial charge in [0.1, 0.15) is 5.75 Å². The number of rotatable bonds is 7. The number of carboxylic acid groups (broad SMARTS) is 1. The van der Waals surface area contributed by atoms with Crippen molar-refractivity contribution >= 4 is 5.97 Å². The summed E-state index contributed by atoms with van der Waals surface area (Å²) in [7, 11) is 0. The van der Waals surface area contributed by atoms with Crippen molar-refractivity contribution in [1.82, 2.24) is 4.98 Å². The molecule has 8 heteroatoms. The standard InChI is InChI=1S/C30H32F3NO4/c1-5-7-18-13-14-34-23(16-18)21-10-11-22(30(31,32)33)26(27(28(35)36)38-29(2,3)4)25(21)20-9-12-24-19(17-20)8-6-15-37-24/h9-14,16-17,27H,5-8,15H2,1-4H3,(H,35,36). The van der Waals surface area contributed by atoms with Gasteiger partial charge in [-0.15, -0.1) is 0 Å². The van der Waals surface area contributed by atoms with E-state index in [1.807, 2.05) is 19.1 Å². The van der Waals surface area contributed by atoms with Crippen molar-refractivity contribution < 1.29 is 32.5 Å². The van der Waals surface area contributed by atoms with Gasteiger partial charge in [0.25, 0.3) is 0 Å². The summed E-state index contributed by atoms with van der Waals surface area (Å²) in [5.74, 6) is -0.823. The van der Waals surface area contributed by atoms with E-state index in [2.05, 4.69) is 4.98 Å². The number of aliphatic carboxylic acids is 1. The second-order valence-electron chi connectivity index (χ2n) is 10.5. The topological polar surface area (TPSA) is 68.7 Å². The van der Waals surface area contributed by atoms with Crippen LogP contribution in [0.1, 0.15) is 68.9 Å². The average Bonchev–Trinajstić information content (AvgIpc) is 2.85.